The Morgan fingerprint density at radius 2 is 2.17 bits per heavy atom. The van der Waals surface area contributed by atoms with Crippen molar-refractivity contribution in [3.63, 3.8) is 0 Å². The fraction of sp³-hybridized carbons (Fsp3) is 0. The Kier molecular flexibility index (Phi) is 3.22. The van der Waals surface area contributed by atoms with Crippen LogP contribution in [-0.4, -0.2) is 9.97 Å². The second kappa shape index (κ2) is 4.82. The molecule has 5 heteroatoms. The SMILES string of the molecule is N#C/C(=C/c1c[nH]c2ccccc2c1=O)C(N)=S. The van der Waals surface area contributed by atoms with Crippen LogP contribution in [0.3, 0.4) is 0 Å². The van der Waals surface area contributed by atoms with Crippen LogP contribution in [0.1, 0.15) is 5.56 Å². The summed E-state index contributed by atoms with van der Waals surface area (Å²) in [4.78, 5) is 15.1. The first-order chi connectivity index (χ1) is 8.63. The Hall–Kier alpha value is -2.45. The minimum Gasteiger partial charge on any atom is -0.389 e. The number of nitrogens with one attached hydrogen (secondary N) is 1. The van der Waals surface area contributed by atoms with Crippen molar-refractivity contribution in [2.24, 2.45) is 5.73 Å². The first-order valence-corrected chi connectivity index (χ1v) is 5.56. The van der Waals surface area contributed by atoms with Crippen LogP contribution in [0.15, 0.2) is 40.8 Å². The van der Waals surface area contributed by atoms with E-state index in [1.54, 1.807) is 18.3 Å². The highest BCUT2D eigenvalue weighted by molar-refractivity contribution is 7.80. The zero-order valence-corrected chi connectivity index (χ0v) is 10.1. The number of hydrogen-bond donors (Lipinski definition) is 2. The topological polar surface area (TPSA) is 82.7 Å². The van der Waals surface area contributed by atoms with Crippen LogP contribution >= 0.6 is 12.2 Å². The molecule has 0 aliphatic heterocycles. The first kappa shape index (κ1) is 12.0. The van der Waals surface area contributed by atoms with Gasteiger partial charge in [-0.05, 0) is 18.2 Å². The normalized spacial score (nSPS) is 11.2. The molecular weight excluding hydrogens is 246 g/mol. The van der Waals surface area contributed by atoms with Crippen LogP contribution in [0.25, 0.3) is 17.0 Å². The van der Waals surface area contributed by atoms with E-state index in [1.807, 2.05) is 18.2 Å². The van der Waals surface area contributed by atoms with Crippen molar-refractivity contribution < 1.29 is 0 Å². The van der Waals surface area contributed by atoms with Crippen molar-refractivity contribution in [3.8, 4) is 6.07 Å². The van der Waals surface area contributed by atoms with Crippen molar-refractivity contribution >= 4 is 34.2 Å². The molecule has 4 nitrogen and oxygen atoms in total. The van der Waals surface area contributed by atoms with Crippen molar-refractivity contribution in [1.29, 1.82) is 5.26 Å². The lowest BCUT2D eigenvalue weighted by Crippen LogP contribution is -2.12. The van der Waals surface area contributed by atoms with Gasteiger partial charge >= 0.3 is 0 Å². The van der Waals surface area contributed by atoms with Crippen LogP contribution in [0.4, 0.5) is 0 Å². The third kappa shape index (κ3) is 2.14. The van der Waals surface area contributed by atoms with Crippen LogP contribution < -0.4 is 11.2 Å². The quantitative estimate of drug-likeness (QED) is 0.486. The van der Waals surface area contributed by atoms with E-state index in [2.05, 4.69) is 4.98 Å². The van der Waals surface area contributed by atoms with Crippen molar-refractivity contribution in [3.05, 3.63) is 51.8 Å². The van der Waals surface area contributed by atoms with E-state index < -0.39 is 0 Å². The molecule has 0 unspecified atom stereocenters. The van der Waals surface area contributed by atoms with Gasteiger partial charge in [0.15, 0.2) is 5.43 Å². The molecule has 0 fully saturated rings. The molecule has 0 bridgehead atoms. The molecular formula is C13H9N3OS. The smallest absolute Gasteiger partial charge is 0.196 e. The number of thiocarbonyl (C=S) groups is 1. The number of fused-ring (bicyclic) bond motifs is 1. The summed E-state index contributed by atoms with van der Waals surface area (Å²) in [5.41, 5.74) is 6.45. The summed E-state index contributed by atoms with van der Waals surface area (Å²) in [5.74, 6) is 0. The van der Waals surface area contributed by atoms with Gasteiger partial charge in [0.05, 0.1) is 5.57 Å². The van der Waals surface area contributed by atoms with E-state index in [9.17, 15) is 4.79 Å². The van der Waals surface area contributed by atoms with Gasteiger partial charge in [-0.1, -0.05) is 24.4 Å². The summed E-state index contributed by atoms with van der Waals surface area (Å²) in [6.07, 6.45) is 2.94. The number of nitriles is 1. The second-order valence-electron chi connectivity index (χ2n) is 3.65. The molecule has 2 aromatic rings. The third-order valence-electron chi connectivity index (χ3n) is 2.50. The van der Waals surface area contributed by atoms with Gasteiger partial charge in [0.1, 0.15) is 11.1 Å². The molecule has 0 amide bonds. The molecule has 1 aromatic carbocycles. The molecule has 2 rings (SSSR count). The number of nitrogens with zero attached hydrogens (tertiary/aromatic N) is 1. The number of nitrogens with two attached hydrogens (primary N) is 1. The average Bonchev–Trinajstić information content (AvgIpc) is 2.38. The summed E-state index contributed by atoms with van der Waals surface area (Å²) < 4.78 is 0. The van der Waals surface area contributed by atoms with Crippen LogP contribution in [0.2, 0.25) is 0 Å². The van der Waals surface area contributed by atoms with E-state index in [0.717, 1.165) is 5.52 Å². The fourth-order valence-electron chi connectivity index (χ4n) is 1.60. The minimum atomic E-state index is -0.159. The number of aromatic nitrogens is 1. The number of para-hydroxylation sites is 1. The van der Waals surface area contributed by atoms with Crippen molar-refractivity contribution in [2.75, 3.05) is 0 Å². The number of aromatic amines is 1. The van der Waals surface area contributed by atoms with Crippen LogP contribution in [0.5, 0.6) is 0 Å². The van der Waals surface area contributed by atoms with Crippen LogP contribution in [-0.2, 0) is 0 Å². The standard InChI is InChI=1S/C13H9N3OS/c14-6-8(13(15)18)5-9-7-16-11-4-2-1-3-10(11)12(9)17/h1-5,7H,(H2,15,18)(H,16,17)/b8-5-. The molecule has 0 atom stereocenters. The highest BCUT2D eigenvalue weighted by atomic mass is 32.1. The molecule has 0 aliphatic carbocycles. The fourth-order valence-corrected chi connectivity index (χ4v) is 1.71. The molecule has 0 saturated carbocycles. The predicted molar refractivity (Wildman–Crippen MR) is 74.9 cm³/mol. The van der Waals surface area contributed by atoms with Crippen molar-refractivity contribution in [2.45, 2.75) is 0 Å². The monoisotopic (exact) mass is 255 g/mol. The maximum atomic E-state index is 12.1. The first-order valence-electron chi connectivity index (χ1n) is 5.15. The van der Waals surface area contributed by atoms with Gasteiger partial charge in [-0.25, -0.2) is 0 Å². The number of pyridine rings is 1. The van der Waals surface area contributed by atoms with Gasteiger partial charge in [0, 0.05) is 22.7 Å². The van der Waals surface area contributed by atoms with Gasteiger partial charge in [-0.2, -0.15) is 5.26 Å². The van der Waals surface area contributed by atoms with Gasteiger partial charge in [0.2, 0.25) is 0 Å². The lowest BCUT2D eigenvalue weighted by molar-refractivity contribution is 1.37. The van der Waals surface area contributed by atoms with E-state index in [4.69, 9.17) is 23.2 Å². The Morgan fingerprint density at radius 1 is 1.44 bits per heavy atom. The largest absolute Gasteiger partial charge is 0.389 e. The highest BCUT2D eigenvalue weighted by Gasteiger charge is 2.05. The Balaban J connectivity index is 2.68. The summed E-state index contributed by atoms with van der Waals surface area (Å²) >= 11 is 4.73. The van der Waals surface area contributed by atoms with E-state index in [0.29, 0.717) is 10.9 Å². The predicted octanol–water partition coefficient (Wildman–Crippen LogP) is 1.72. The Labute approximate surface area is 108 Å². The summed E-state index contributed by atoms with van der Waals surface area (Å²) in [7, 11) is 0. The third-order valence-corrected chi connectivity index (χ3v) is 2.72. The summed E-state index contributed by atoms with van der Waals surface area (Å²) in [5, 5.41) is 9.43. The molecule has 1 heterocycles. The van der Waals surface area contributed by atoms with Gasteiger partial charge in [-0.15, -0.1) is 0 Å². The van der Waals surface area contributed by atoms with E-state index in [1.165, 1.54) is 6.08 Å². The number of hydrogen-bond acceptors (Lipinski definition) is 3. The maximum Gasteiger partial charge on any atom is 0.196 e. The van der Waals surface area contributed by atoms with Crippen molar-refractivity contribution in [1.82, 2.24) is 4.98 Å². The van der Waals surface area contributed by atoms with E-state index in [-0.39, 0.29) is 16.0 Å². The van der Waals surface area contributed by atoms with E-state index >= 15 is 0 Å². The lowest BCUT2D eigenvalue weighted by Gasteiger charge is -2.00. The molecule has 18 heavy (non-hydrogen) atoms. The van der Waals surface area contributed by atoms with Gasteiger partial charge in [-0.3, -0.25) is 4.79 Å². The molecule has 0 aliphatic rings. The molecule has 88 valence electrons. The Bertz CT molecular complexity index is 753. The average molecular weight is 255 g/mol. The zero-order valence-electron chi connectivity index (χ0n) is 9.31. The highest BCUT2D eigenvalue weighted by Crippen LogP contribution is 2.09. The number of rotatable bonds is 2. The zero-order chi connectivity index (χ0) is 13.1. The molecule has 1 aromatic heterocycles. The van der Waals surface area contributed by atoms with Crippen LogP contribution in [0, 0.1) is 11.3 Å². The lowest BCUT2D eigenvalue weighted by atomic mass is 10.1. The maximum absolute atomic E-state index is 12.1. The number of benzene rings is 1. The molecule has 0 saturated heterocycles. The summed E-state index contributed by atoms with van der Waals surface area (Å²) in [6, 6.07) is 9.01. The summed E-state index contributed by atoms with van der Waals surface area (Å²) in [6.45, 7) is 0. The number of H-pyrrole nitrogens is 1. The second-order valence-corrected chi connectivity index (χ2v) is 4.09. The molecule has 0 radical (unpaired) electrons. The Morgan fingerprint density at radius 3 is 2.83 bits per heavy atom. The molecule has 0 spiro atoms. The van der Waals surface area contributed by atoms with Gasteiger partial charge < -0.3 is 10.7 Å². The van der Waals surface area contributed by atoms with Gasteiger partial charge in [0.25, 0.3) is 0 Å². The molecule has 3 N–H and O–H groups in total. The minimum absolute atomic E-state index is 0.0231.